The number of urea groups is 1. The zero-order valence-electron chi connectivity index (χ0n) is 23.8. The first kappa shape index (κ1) is 26.9. The molecule has 3 amide bonds. The summed E-state index contributed by atoms with van der Waals surface area (Å²) >= 11 is 0. The van der Waals surface area contributed by atoms with Gasteiger partial charge in [0.15, 0.2) is 0 Å². The summed E-state index contributed by atoms with van der Waals surface area (Å²) in [5, 5.41) is 6.03. The van der Waals surface area contributed by atoms with Crippen molar-refractivity contribution in [3.05, 3.63) is 101 Å². The Hall–Kier alpha value is -4.65. The average molecular weight is 535 g/mol. The van der Waals surface area contributed by atoms with Gasteiger partial charge >= 0.3 is 6.03 Å². The number of aryl methyl sites for hydroxylation is 2. The van der Waals surface area contributed by atoms with Crippen LogP contribution in [0, 0.1) is 20.8 Å². The van der Waals surface area contributed by atoms with Crippen molar-refractivity contribution in [2.24, 2.45) is 0 Å². The molecule has 0 bridgehead atoms. The highest BCUT2D eigenvalue weighted by atomic mass is 16.5. The van der Waals surface area contributed by atoms with Crippen LogP contribution in [0.4, 0.5) is 21.9 Å². The van der Waals surface area contributed by atoms with E-state index in [1.165, 1.54) is 0 Å². The number of hydrogen-bond acceptors (Lipinski definition) is 4. The van der Waals surface area contributed by atoms with Gasteiger partial charge in [0, 0.05) is 35.0 Å². The van der Waals surface area contributed by atoms with Crippen LogP contribution in [0.15, 0.2) is 72.9 Å². The Labute approximate surface area is 235 Å². The molecule has 0 atom stereocenters. The van der Waals surface area contributed by atoms with Crippen molar-refractivity contribution in [2.75, 3.05) is 29.2 Å². The van der Waals surface area contributed by atoms with Gasteiger partial charge in [-0.25, -0.2) is 4.79 Å². The topological polar surface area (TPSA) is 83.6 Å². The number of aromatic nitrogens is 1. The number of nitrogens with zero attached hydrogens (tertiary/aromatic N) is 2. The monoisotopic (exact) mass is 534 g/mol. The number of fused-ring (bicyclic) bond motifs is 1. The van der Waals surface area contributed by atoms with Gasteiger partial charge in [-0.3, -0.25) is 14.7 Å². The lowest BCUT2D eigenvalue weighted by Crippen LogP contribution is -2.37. The Morgan fingerprint density at radius 2 is 1.65 bits per heavy atom. The largest absolute Gasteiger partial charge is 0.495 e. The Kier molecular flexibility index (Phi) is 7.06. The van der Waals surface area contributed by atoms with E-state index in [1.807, 2.05) is 81.6 Å². The second-order valence-corrected chi connectivity index (χ2v) is 11.0. The molecule has 1 aliphatic heterocycles. The Balaban J connectivity index is 1.39. The van der Waals surface area contributed by atoms with E-state index in [1.54, 1.807) is 24.1 Å². The lowest BCUT2D eigenvalue weighted by atomic mass is 9.91. The van der Waals surface area contributed by atoms with Gasteiger partial charge in [0.2, 0.25) is 0 Å². The minimum absolute atomic E-state index is 0.163. The highest BCUT2D eigenvalue weighted by Crippen LogP contribution is 2.41. The van der Waals surface area contributed by atoms with Crippen LogP contribution in [0.5, 0.6) is 5.75 Å². The van der Waals surface area contributed by atoms with Crippen molar-refractivity contribution in [1.82, 2.24) is 4.98 Å². The first-order valence-electron chi connectivity index (χ1n) is 13.3. The summed E-state index contributed by atoms with van der Waals surface area (Å²) in [6.07, 6.45) is 1.83. The summed E-state index contributed by atoms with van der Waals surface area (Å²) in [5.41, 5.74) is 8.29. The molecule has 0 fully saturated rings. The Morgan fingerprint density at radius 3 is 2.38 bits per heavy atom. The van der Waals surface area contributed by atoms with Gasteiger partial charge in [-0.05, 0) is 79.4 Å². The van der Waals surface area contributed by atoms with Crippen LogP contribution in [0.25, 0.3) is 11.1 Å². The van der Waals surface area contributed by atoms with Crippen molar-refractivity contribution >= 4 is 29.0 Å². The van der Waals surface area contributed by atoms with E-state index in [0.717, 1.165) is 44.9 Å². The van der Waals surface area contributed by atoms with Gasteiger partial charge in [0.25, 0.3) is 5.91 Å². The number of ether oxygens (including phenoxy) is 1. The number of carbonyl (C=O) groups excluding carboxylic acids is 2. The maximum atomic E-state index is 13.5. The summed E-state index contributed by atoms with van der Waals surface area (Å²) in [4.78, 5) is 32.9. The molecule has 3 aromatic carbocycles. The predicted octanol–water partition coefficient (Wildman–Crippen LogP) is 7.26. The zero-order chi connectivity index (χ0) is 28.6. The SMILES string of the molecule is COc1ccc(C)cc1NC(=O)N1CC(C)(C)c2ncc(-c3ccc(C(=O)Nc4cccc(C)c4C)cc3)cc21. The van der Waals surface area contributed by atoms with Crippen molar-refractivity contribution in [1.29, 1.82) is 0 Å². The van der Waals surface area contributed by atoms with Crippen LogP contribution in [0.3, 0.4) is 0 Å². The molecule has 0 aliphatic carbocycles. The fraction of sp³-hybridized carbons (Fsp3) is 0.242. The Bertz CT molecular complexity index is 1610. The molecule has 204 valence electrons. The molecule has 0 radical (unpaired) electrons. The van der Waals surface area contributed by atoms with Crippen molar-refractivity contribution < 1.29 is 14.3 Å². The summed E-state index contributed by atoms with van der Waals surface area (Å²) in [6.45, 7) is 10.7. The van der Waals surface area contributed by atoms with E-state index >= 15 is 0 Å². The quantitative estimate of drug-likeness (QED) is 0.282. The third kappa shape index (κ3) is 5.15. The van der Waals surface area contributed by atoms with E-state index in [2.05, 4.69) is 24.5 Å². The van der Waals surface area contributed by atoms with Gasteiger partial charge in [-0.2, -0.15) is 0 Å². The van der Waals surface area contributed by atoms with E-state index in [4.69, 9.17) is 9.72 Å². The molecule has 4 aromatic rings. The molecule has 1 aliphatic rings. The number of carbonyl (C=O) groups is 2. The normalized spacial score (nSPS) is 13.5. The van der Waals surface area contributed by atoms with E-state index in [9.17, 15) is 9.59 Å². The number of amides is 3. The van der Waals surface area contributed by atoms with Gasteiger partial charge in [-0.1, -0.05) is 44.2 Å². The van der Waals surface area contributed by atoms with E-state index in [-0.39, 0.29) is 17.4 Å². The highest BCUT2D eigenvalue weighted by Gasteiger charge is 2.40. The minimum atomic E-state index is -0.308. The molecule has 0 spiro atoms. The molecule has 1 aromatic heterocycles. The number of benzene rings is 3. The second kappa shape index (κ2) is 10.5. The summed E-state index contributed by atoms with van der Waals surface area (Å²) in [6, 6.07) is 20.7. The van der Waals surface area contributed by atoms with Gasteiger partial charge < -0.3 is 15.4 Å². The molecule has 2 N–H and O–H groups in total. The number of methoxy groups -OCH3 is 1. The molecule has 7 nitrogen and oxygen atoms in total. The molecule has 0 saturated carbocycles. The highest BCUT2D eigenvalue weighted by molar-refractivity contribution is 6.06. The summed E-state index contributed by atoms with van der Waals surface area (Å²) < 4.78 is 5.45. The maximum absolute atomic E-state index is 13.5. The Morgan fingerprint density at radius 1 is 0.900 bits per heavy atom. The van der Waals surface area contributed by atoms with E-state index < -0.39 is 0 Å². The van der Waals surface area contributed by atoms with Crippen LogP contribution in [0.2, 0.25) is 0 Å². The predicted molar refractivity (Wildman–Crippen MR) is 161 cm³/mol. The zero-order valence-corrected chi connectivity index (χ0v) is 23.8. The summed E-state index contributed by atoms with van der Waals surface area (Å²) in [7, 11) is 1.59. The maximum Gasteiger partial charge on any atom is 0.326 e. The van der Waals surface area contributed by atoms with Crippen LogP contribution >= 0.6 is 0 Å². The molecular formula is C33H34N4O3. The number of hydrogen-bond donors (Lipinski definition) is 2. The number of anilines is 3. The van der Waals surface area contributed by atoms with Gasteiger partial charge in [0.1, 0.15) is 5.75 Å². The minimum Gasteiger partial charge on any atom is -0.495 e. The van der Waals surface area contributed by atoms with Gasteiger partial charge in [-0.15, -0.1) is 0 Å². The third-order valence-electron chi connectivity index (χ3n) is 7.53. The standard InChI is InChI=1S/C33H34N4O3/c1-20-10-15-29(40-6)27(16-20)36-32(39)37-19-33(4,5)30-28(37)17-25(18-34-30)23-11-13-24(14-12-23)31(38)35-26-9-7-8-21(2)22(26)3/h7-18H,19H2,1-6H3,(H,35,38)(H,36,39). The van der Waals surface area contributed by atoms with Gasteiger partial charge in [0.05, 0.1) is 24.2 Å². The molecule has 40 heavy (non-hydrogen) atoms. The smallest absolute Gasteiger partial charge is 0.326 e. The molecule has 2 heterocycles. The molecule has 0 unspecified atom stereocenters. The average Bonchev–Trinajstić information content (AvgIpc) is 3.21. The van der Waals surface area contributed by atoms with Crippen molar-refractivity contribution in [3.8, 4) is 16.9 Å². The third-order valence-corrected chi connectivity index (χ3v) is 7.53. The van der Waals surface area contributed by atoms with Crippen LogP contribution in [-0.4, -0.2) is 30.6 Å². The fourth-order valence-corrected chi connectivity index (χ4v) is 5.07. The summed E-state index contributed by atoms with van der Waals surface area (Å²) in [5.74, 6) is 0.440. The lowest BCUT2D eigenvalue weighted by Gasteiger charge is -2.21. The number of rotatable bonds is 5. The van der Waals surface area contributed by atoms with Crippen molar-refractivity contribution in [3.63, 3.8) is 0 Å². The second-order valence-electron chi connectivity index (χ2n) is 11.0. The molecule has 7 heteroatoms. The lowest BCUT2D eigenvalue weighted by molar-refractivity contribution is 0.102. The first-order valence-corrected chi connectivity index (χ1v) is 13.3. The number of nitrogens with one attached hydrogen (secondary N) is 2. The fourth-order valence-electron chi connectivity index (χ4n) is 5.07. The molecule has 5 rings (SSSR count). The first-order chi connectivity index (χ1) is 19.1. The number of pyridine rings is 1. The van der Waals surface area contributed by atoms with Crippen molar-refractivity contribution in [2.45, 2.75) is 40.0 Å². The van der Waals surface area contributed by atoms with Crippen LogP contribution in [-0.2, 0) is 5.41 Å². The van der Waals surface area contributed by atoms with Crippen LogP contribution < -0.4 is 20.3 Å². The molecular weight excluding hydrogens is 500 g/mol. The van der Waals surface area contributed by atoms with Crippen LogP contribution in [0.1, 0.15) is 46.6 Å². The van der Waals surface area contributed by atoms with E-state index in [0.29, 0.717) is 23.5 Å². The molecule has 0 saturated heterocycles.